The van der Waals surface area contributed by atoms with Crippen LogP contribution in [-0.2, 0) is 60.7 Å². The molecule has 2 aromatic rings. The predicted octanol–water partition coefficient (Wildman–Crippen LogP) is 6.61. The molecule has 0 aliphatic carbocycles. The highest BCUT2D eigenvalue weighted by Crippen LogP contribution is 2.30. The van der Waals surface area contributed by atoms with E-state index in [1.807, 2.05) is 120 Å². The third-order valence-electron chi connectivity index (χ3n) is 14.8. The zero-order valence-corrected chi connectivity index (χ0v) is 48.5. The van der Waals surface area contributed by atoms with Crippen LogP contribution < -0.4 is 16.0 Å². The number of allylic oxidation sites excluding steroid dienone is 1. The van der Waals surface area contributed by atoms with Crippen molar-refractivity contribution >= 4 is 68.9 Å². The molecule has 9 atom stereocenters. The Bertz CT molecular complexity index is 2420. The summed E-state index contributed by atoms with van der Waals surface area (Å²) in [4.78, 5) is 101. The molecule has 1 unspecified atom stereocenters. The Kier molecular flexibility index (Phi) is 26.1. The van der Waals surface area contributed by atoms with Crippen molar-refractivity contribution in [2.24, 2.45) is 17.8 Å². The molecule has 17 nitrogen and oxygen atoms in total. The van der Waals surface area contributed by atoms with Crippen LogP contribution in [0.4, 0.5) is 5.69 Å². The summed E-state index contributed by atoms with van der Waals surface area (Å²) in [6.07, 6.45) is 7.91. The van der Waals surface area contributed by atoms with Gasteiger partial charge in [-0.3, -0.25) is 48.7 Å². The van der Waals surface area contributed by atoms with Gasteiger partial charge in [0.1, 0.15) is 12.1 Å². The number of carbonyl (C=O) groups excluding carboxylic acids is 7. The van der Waals surface area contributed by atoms with Crippen LogP contribution in [0.25, 0.3) is 0 Å². The largest absolute Gasteiger partial charge is 0.468 e. The van der Waals surface area contributed by atoms with Crippen LogP contribution in [0.5, 0.6) is 0 Å². The Hall–Kier alpha value is -5.79. The maximum Gasteiger partial charge on any atom is 0.323 e. The van der Waals surface area contributed by atoms with Crippen molar-refractivity contribution < 1.29 is 47.8 Å². The maximum absolute atomic E-state index is 14.9. The molecule has 1 fully saturated rings. The Balaban J connectivity index is 1.44. The van der Waals surface area contributed by atoms with Crippen LogP contribution in [0.2, 0.25) is 0 Å². The molecule has 2 aliphatic heterocycles. The first-order valence-electron chi connectivity index (χ1n) is 27.1. The summed E-state index contributed by atoms with van der Waals surface area (Å²) in [6.45, 7) is 15.0. The van der Waals surface area contributed by atoms with Gasteiger partial charge in [0.05, 0.1) is 48.9 Å². The quantitative estimate of drug-likeness (QED) is 0.0250. The molecule has 3 N–H and O–H groups in total. The van der Waals surface area contributed by atoms with Crippen molar-refractivity contribution in [2.75, 3.05) is 53.8 Å². The highest BCUT2D eigenvalue weighted by molar-refractivity contribution is 7.96. The molecule has 0 radical (unpaired) electrons. The number of ether oxygens (including phenoxy) is 3. The molecule has 2 heterocycles. The van der Waals surface area contributed by atoms with Crippen LogP contribution in [0.15, 0.2) is 78.4 Å². The van der Waals surface area contributed by atoms with E-state index in [1.165, 1.54) is 35.1 Å². The lowest BCUT2D eigenvalue weighted by Crippen LogP contribution is -2.58. The number of hydrogen-bond donors (Lipinski definition) is 3. The third kappa shape index (κ3) is 18.4. The number of imide groups is 1. The summed E-state index contributed by atoms with van der Waals surface area (Å²) >= 11 is 0. The Morgan fingerprint density at radius 3 is 2.16 bits per heavy atom. The van der Waals surface area contributed by atoms with Crippen LogP contribution in [0.1, 0.15) is 111 Å². The van der Waals surface area contributed by atoms with Crippen LogP contribution in [-0.4, -0.2) is 163 Å². The molecule has 4 rings (SSSR count). The average molecular weight is 1090 g/mol. The van der Waals surface area contributed by atoms with E-state index in [-0.39, 0.29) is 72.1 Å². The Morgan fingerprint density at radius 2 is 1.56 bits per heavy atom. The summed E-state index contributed by atoms with van der Waals surface area (Å²) < 4.78 is 17.5. The molecule has 0 aromatic heterocycles. The summed E-state index contributed by atoms with van der Waals surface area (Å²) in [6, 6.07) is 14.0. The van der Waals surface area contributed by atoms with Gasteiger partial charge in [-0.15, -0.1) is 10.9 Å². The van der Waals surface area contributed by atoms with Crippen molar-refractivity contribution in [1.29, 1.82) is 0 Å². The van der Waals surface area contributed by atoms with Crippen molar-refractivity contribution in [3.8, 4) is 0 Å². The smallest absolute Gasteiger partial charge is 0.323 e. The van der Waals surface area contributed by atoms with E-state index in [0.29, 0.717) is 63.8 Å². The van der Waals surface area contributed by atoms with Gasteiger partial charge in [0.15, 0.2) is 0 Å². The van der Waals surface area contributed by atoms with Gasteiger partial charge in [-0.05, 0) is 94.0 Å². The molecular formula is C59H87N7O10S. The number of hydrogen-bond acceptors (Lipinski definition) is 11. The highest BCUT2D eigenvalue weighted by Gasteiger charge is 2.43. The number of amides is 6. The minimum Gasteiger partial charge on any atom is -0.468 e. The van der Waals surface area contributed by atoms with E-state index in [4.69, 9.17) is 14.2 Å². The number of unbranched alkanes of at least 4 members (excludes halogenated alkanes) is 2. The zero-order chi connectivity index (χ0) is 56.9. The second-order valence-electron chi connectivity index (χ2n) is 21.1. The number of nitrogens with one attached hydrogen (secondary N) is 3. The third-order valence-corrected chi connectivity index (χ3v) is 15.6. The Morgan fingerprint density at radius 1 is 0.883 bits per heavy atom. The van der Waals surface area contributed by atoms with Crippen LogP contribution in [0.3, 0.4) is 0 Å². The van der Waals surface area contributed by atoms with Gasteiger partial charge in [0, 0.05) is 71.1 Å². The second kappa shape index (κ2) is 31.6. The number of likely N-dealkylation sites (N-methyl/N-ethyl adjacent to an activating group) is 2. The molecule has 424 valence electrons. The summed E-state index contributed by atoms with van der Waals surface area (Å²) in [7, 11) is 9.40. The topological polar surface area (TPSA) is 196 Å². The number of esters is 1. The molecule has 0 spiro atoms. The minimum absolute atomic E-state index is 0.000923. The Labute approximate surface area is 461 Å². The number of benzene rings is 2. The van der Waals surface area contributed by atoms with Gasteiger partial charge in [-0.1, -0.05) is 102 Å². The van der Waals surface area contributed by atoms with Crippen molar-refractivity contribution in [3.05, 3.63) is 89.5 Å². The van der Waals surface area contributed by atoms with E-state index in [0.717, 1.165) is 28.1 Å². The molecule has 6 amide bonds. The average Bonchev–Trinajstić information content (AvgIpc) is 4.02. The molecule has 0 saturated carbocycles. The minimum atomic E-state index is -1.02. The molecule has 1 saturated heterocycles. The lowest BCUT2D eigenvalue weighted by Gasteiger charge is -2.40. The fourth-order valence-corrected chi connectivity index (χ4v) is 11.3. The van der Waals surface area contributed by atoms with Gasteiger partial charge in [0.25, 0.3) is 11.8 Å². The standard InChI is InChI=1S/C59H87N7O10S/c1-14-40(6)54(48(74-10)36-52(70)65-32-22-27-47(65)55(75-11)41(7)57(77-13)62-46(59(73)76-12)35-42-23-17-15-18-24-42)64(9)58(72)45(33-38(2)3)61-56(71)53(39(4)5)63(8)37-43-25-21-26-44(34-43)60-49(67)28-19-16-20-31-66-50(68)29-30-51(66)69/h15,17-18,21,23-26,29-30,33-34,39-41,45-48,53-55,62H,13-14,16,19-20,22,27-28,31-32,35-37H2,1-12H3,(H,60,67)(H,61,71)/t40-,41+,45?,46-,47-,48+,53-,54-,55+/m0/s1. The maximum atomic E-state index is 14.9. The van der Waals surface area contributed by atoms with Gasteiger partial charge in [-0.2, -0.15) is 0 Å². The SMILES string of the molecule is C=S=C(N[C@@H](Cc1ccccc1)C(=O)OC)[C@H](C)[C@@H](OC)[C@@H]1CCCN1C(=O)C[C@@H](OC)[C@H]([C@@H](C)CC)N(C)C(=O)C(C=C(C)C)NC(=O)[C@H](C(C)C)N(C)Cc1cccc(NC(=O)CCCCCN2C(=O)C=CC2=O)c1. The van der Waals surface area contributed by atoms with E-state index in [1.54, 1.807) is 32.2 Å². The van der Waals surface area contributed by atoms with Gasteiger partial charge < -0.3 is 34.6 Å². The first-order chi connectivity index (χ1) is 36.7. The number of likely N-dealkylation sites (tertiary alicyclic amines) is 1. The fourth-order valence-electron chi connectivity index (χ4n) is 10.7. The van der Waals surface area contributed by atoms with Crippen molar-refractivity contribution in [2.45, 2.75) is 155 Å². The second-order valence-corrected chi connectivity index (χ2v) is 21.8. The number of methoxy groups -OCH3 is 3. The molecule has 18 heteroatoms. The fraction of sp³-hybridized carbons (Fsp3) is 0.576. The first-order valence-corrected chi connectivity index (χ1v) is 28.0. The zero-order valence-electron chi connectivity index (χ0n) is 47.7. The molecule has 77 heavy (non-hydrogen) atoms. The molecule has 0 bridgehead atoms. The molecule has 2 aromatic carbocycles. The monoisotopic (exact) mass is 1090 g/mol. The number of carbonyl (C=O) groups is 7. The normalized spacial score (nSPS) is 17.5. The number of nitrogens with zero attached hydrogens (tertiary/aromatic N) is 4. The van der Waals surface area contributed by atoms with Gasteiger partial charge >= 0.3 is 5.97 Å². The van der Waals surface area contributed by atoms with Crippen molar-refractivity contribution in [3.63, 3.8) is 0 Å². The predicted molar refractivity (Wildman–Crippen MR) is 306 cm³/mol. The van der Waals surface area contributed by atoms with E-state index in [9.17, 15) is 33.6 Å². The van der Waals surface area contributed by atoms with E-state index in [2.05, 4.69) is 21.8 Å². The van der Waals surface area contributed by atoms with Crippen LogP contribution >= 0.6 is 10.9 Å². The molecule has 2 aliphatic rings. The van der Waals surface area contributed by atoms with Crippen molar-refractivity contribution in [1.82, 2.24) is 30.2 Å². The first kappa shape index (κ1) is 63.7. The van der Waals surface area contributed by atoms with Crippen LogP contribution in [0, 0.1) is 17.8 Å². The summed E-state index contributed by atoms with van der Waals surface area (Å²) in [5.74, 6) is 1.64. The van der Waals surface area contributed by atoms with Gasteiger partial charge in [0.2, 0.25) is 23.6 Å². The lowest BCUT2D eigenvalue weighted by atomic mass is 9.90. The summed E-state index contributed by atoms with van der Waals surface area (Å²) in [5.41, 5.74) is 3.31. The van der Waals surface area contributed by atoms with E-state index < -0.39 is 42.3 Å². The van der Waals surface area contributed by atoms with Gasteiger partial charge in [-0.25, -0.2) is 0 Å². The summed E-state index contributed by atoms with van der Waals surface area (Å²) in [5, 5.41) is 9.46. The van der Waals surface area contributed by atoms with E-state index >= 15 is 0 Å². The number of rotatable bonds is 30. The number of anilines is 1. The highest BCUT2D eigenvalue weighted by atomic mass is 32.1. The molecular weight excluding hydrogens is 999 g/mol. The lowest BCUT2D eigenvalue weighted by molar-refractivity contribution is -0.145.